The molecular weight excluding hydrogens is 223 g/mol. The molecule has 0 bridgehead atoms. The Kier molecular flexibility index (Phi) is 4.36. The first-order valence-corrected chi connectivity index (χ1v) is 4.68. The summed E-state index contributed by atoms with van der Waals surface area (Å²) in [7, 11) is 0. The van der Waals surface area contributed by atoms with Crippen LogP contribution >= 0.6 is 0 Å². The van der Waals surface area contributed by atoms with E-state index in [0.29, 0.717) is 0 Å². The molecule has 1 aliphatic carbocycles. The summed E-state index contributed by atoms with van der Waals surface area (Å²) in [6, 6.07) is 8.86. The Bertz CT molecular complexity index is 195. The predicted molar refractivity (Wildman–Crippen MR) is 47.9 cm³/mol. The van der Waals surface area contributed by atoms with Gasteiger partial charge in [0.15, 0.2) is 0 Å². The van der Waals surface area contributed by atoms with Crippen molar-refractivity contribution in [3.8, 4) is 0 Å². The minimum Gasteiger partial charge on any atom is -0.213 e. The van der Waals surface area contributed by atoms with Gasteiger partial charge in [-0.05, 0) is 0 Å². The van der Waals surface area contributed by atoms with E-state index in [4.69, 9.17) is 0 Å². The third-order valence-corrected chi connectivity index (χ3v) is 2.77. The van der Waals surface area contributed by atoms with E-state index in [1.54, 1.807) is 5.56 Å². The first-order valence-electron chi connectivity index (χ1n) is 4.68. The van der Waals surface area contributed by atoms with E-state index in [9.17, 15) is 0 Å². The van der Waals surface area contributed by atoms with Crippen LogP contribution in [-0.2, 0) is 26.2 Å². The summed E-state index contributed by atoms with van der Waals surface area (Å²) in [4.78, 5) is 0. The van der Waals surface area contributed by atoms with Crippen LogP contribution in [0.1, 0.15) is 43.6 Å². The van der Waals surface area contributed by atoms with E-state index in [2.05, 4.69) is 24.3 Å². The molecule has 0 N–H and O–H groups in total. The van der Waals surface area contributed by atoms with E-state index in [1.165, 1.54) is 32.1 Å². The van der Waals surface area contributed by atoms with Crippen LogP contribution in [-0.4, -0.2) is 0 Å². The Labute approximate surface area is 93.9 Å². The molecule has 1 heteroatoms. The maximum Gasteiger partial charge on any atom is 0 e. The molecule has 0 aromatic heterocycles. The number of hydrogen-bond acceptors (Lipinski definition) is 0. The molecule has 1 aromatic rings. The first kappa shape index (κ1) is 10.3. The summed E-state index contributed by atoms with van der Waals surface area (Å²) in [6.07, 6.45) is 7.18. The van der Waals surface area contributed by atoms with Crippen molar-refractivity contribution >= 4 is 0 Å². The second kappa shape index (κ2) is 5.07. The summed E-state index contributed by atoms with van der Waals surface area (Å²) >= 11 is 0. The van der Waals surface area contributed by atoms with Gasteiger partial charge in [-0.25, -0.2) is 12.1 Å². The summed E-state index contributed by atoms with van der Waals surface area (Å²) in [5.41, 5.74) is 1.57. The van der Waals surface area contributed by atoms with Crippen LogP contribution in [0.4, 0.5) is 0 Å². The molecule has 64 valence electrons. The Morgan fingerprint density at radius 3 is 2.08 bits per heavy atom. The first-order chi connectivity index (χ1) is 5.47. The van der Waals surface area contributed by atoms with Gasteiger partial charge < -0.3 is 0 Å². The summed E-state index contributed by atoms with van der Waals surface area (Å²) in [6.45, 7) is 0. The van der Waals surface area contributed by atoms with Crippen molar-refractivity contribution < 1.29 is 26.2 Å². The third-order valence-electron chi connectivity index (χ3n) is 2.77. The average molecular weight is 238 g/mol. The van der Waals surface area contributed by atoms with Gasteiger partial charge in [-0.2, -0.15) is 17.7 Å². The van der Waals surface area contributed by atoms with Gasteiger partial charge in [-0.3, -0.25) is 0 Å². The molecule has 0 atom stereocenters. The van der Waals surface area contributed by atoms with Gasteiger partial charge in [0.25, 0.3) is 0 Å². The molecule has 1 aromatic carbocycles. The number of rotatable bonds is 1. The van der Waals surface area contributed by atoms with Crippen molar-refractivity contribution in [3.05, 3.63) is 29.8 Å². The van der Waals surface area contributed by atoms with E-state index in [-0.39, 0.29) is 26.2 Å². The van der Waals surface area contributed by atoms with Crippen molar-refractivity contribution in [3.63, 3.8) is 0 Å². The molecule has 0 nitrogen and oxygen atoms in total. The van der Waals surface area contributed by atoms with E-state index in [0.717, 1.165) is 5.92 Å². The van der Waals surface area contributed by atoms with E-state index in [1.807, 2.05) is 0 Å². The second-order valence-corrected chi connectivity index (χ2v) is 3.55. The quantitative estimate of drug-likeness (QED) is 0.657. The van der Waals surface area contributed by atoms with E-state index >= 15 is 0 Å². The SMILES string of the molecule is [Zr].c1cc[c-](C2CCCCC2)c1. The maximum absolute atomic E-state index is 2.27. The van der Waals surface area contributed by atoms with Crippen molar-refractivity contribution in [2.24, 2.45) is 0 Å². The Morgan fingerprint density at radius 2 is 1.50 bits per heavy atom. The largest absolute Gasteiger partial charge is 0.213 e. The fraction of sp³-hybridized carbons (Fsp3) is 0.545. The molecule has 0 heterocycles. The van der Waals surface area contributed by atoms with Crippen LogP contribution in [0.25, 0.3) is 0 Å². The zero-order chi connectivity index (χ0) is 7.52. The Morgan fingerprint density at radius 1 is 0.917 bits per heavy atom. The van der Waals surface area contributed by atoms with Crippen LogP contribution in [0.3, 0.4) is 0 Å². The van der Waals surface area contributed by atoms with Crippen LogP contribution in [0.2, 0.25) is 0 Å². The molecule has 12 heavy (non-hydrogen) atoms. The smallest absolute Gasteiger partial charge is 0 e. The standard InChI is InChI=1S/C11H15.Zr/c1-2-6-10(7-3-1)11-8-4-5-9-11;/h4-5,8-10H,1-3,6-7H2;/q-1;. The van der Waals surface area contributed by atoms with Gasteiger partial charge in [-0.1, -0.05) is 38.0 Å². The van der Waals surface area contributed by atoms with Gasteiger partial charge in [0.05, 0.1) is 0 Å². The molecular formula is C11H15Zr-. The summed E-state index contributed by atoms with van der Waals surface area (Å²) < 4.78 is 0. The van der Waals surface area contributed by atoms with Crippen LogP contribution in [0.15, 0.2) is 24.3 Å². The fourth-order valence-electron chi connectivity index (χ4n) is 2.10. The molecule has 0 aliphatic heterocycles. The average Bonchev–Trinajstić information content (AvgIpc) is 2.58. The normalized spacial score (nSPS) is 18.7. The number of hydrogen-bond donors (Lipinski definition) is 0. The molecule has 0 amide bonds. The maximum atomic E-state index is 2.27. The van der Waals surface area contributed by atoms with Gasteiger partial charge in [0.2, 0.25) is 0 Å². The zero-order valence-corrected chi connectivity index (χ0v) is 9.88. The minimum absolute atomic E-state index is 0. The molecule has 0 unspecified atom stereocenters. The van der Waals surface area contributed by atoms with Gasteiger partial charge in [-0.15, -0.1) is 0 Å². The van der Waals surface area contributed by atoms with Crippen molar-refractivity contribution in [2.75, 3.05) is 0 Å². The molecule has 1 saturated carbocycles. The second-order valence-electron chi connectivity index (χ2n) is 3.55. The van der Waals surface area contributed by atoms with Crippen LogP contribution < -0.4 is 0 Å². The minimum atomic E-state index is 0. The van der Waals surface area contributed by atoms with Gasteiger partial charge in [0.1, 0.15) is 0 Å². The van der Waals surface area contributed by atoms with E-state index < -0.39 is 0 Å². The monoisotopic (exact) mass is 237 g/mol. The molecule has 1 aliphatic rings. The zero-order valence-electron chi connectivity index (χ0n) is 7.42. The summed E-state index contributed by atoms with van der Waals surface area (Å²) in [5, 5.41) is 0. The molecule has 1 fully saturated rings. The van der Waals surface area contributed by atoms with Gasteiger partial charge in [0, 0.05) is 26.2 Å². The molecule has 2 rings (SSSR count). The van der Waals surface area contributed by atoms with Gasteiger partial charge >= 0.3 is 0 Å². The van der Waals surface area contributed by atoms with Crippen LogP contribution in [0.5, 0.6) is 0 Å². The third kappa shape index (κ3) is 2.36. The topological polar surface area (TPSA) is 0 Å². The van der Waals surface area contributed by atoms with Crippen molar-refractivity contribution in [2.45, 2.75) is 38.0 Å². The Balaban J connectivity index is 0.000000720. The van der Waals surface area contributed by atoms with Crippen LogP contribution in [0, 0.1) is 0 Å². The van der Waals surface area contributed by atoms with Crippen molar-refractivity contribution in [1.29, 1.82) is 0 Å². The predicted octanol–water partition coefficient (Wildman–Crippen LogP) is 3.45. The Hall–Kier alpha value is 0.233. The molecule has 0 saturated heterocycles. The summed E-state index contributed by atoms with van der Waals surface area (Å²) in [5.74, 6) is 0.888. The fourth-order valence-corrected chi connectivity index (χ4v) is 2.10. The molecule has 0 radical (unpaired) electrons. The van der Waals surface area contributed by atoms with Crippen molar-refractivity contribution in [1.82, 2.24) is 0 Å². The molecule has 0 spiro atoms.